The Morgan fingerprint density at radius 1 is 1.38 bits per heavy atom. The van der Waals surface area contributed by atoms with Crippen LogP contribution in [0.2, 0.25) is 0 Å². The molecule has 0 aliphatic carbocycles. The Balaban J connectivity index is 2.91. The predicted molar refractivity (Wildman–Crippen MR) is 74.1 cm³/mol. The monoisotopic (exact) mass is 294 g/mol. The lowest BCUT2D eigenvalue weighted by molar-refractivity contribution is -0.131. The van der Waals surface area contributed by atoms with Crippen LogP contribution in [0.4, 0.5) is 4.39 Å². The predicted octanol–water partition coefficient (Wildman–Crippen LogP) is 0.742. The van der Waals surface area contributed by atoms with Gasteiger partial charge in [-0.3, -0.25) is 9.59 Å². The van der Waals surface area contributed by atoms with Gasteiger partial charge in [0.15, 0.2) is 0 Å². The van der Waals surface area contributed by atoms with Gasteiger partial charge < -0.3 is 15.3 Å². The summed E-state index contributed by atoms with van der Waals surface area (Å²) in [6.07, 6.45) is 2.09. The molecule has 2 N–H and O–H groups in total. The minimum atomic E-state index is -1.15. The van der Waals surface area contributed by atoms with E-state index in [-0.39, 0.29) is 18.0 Å². The number of aliphatic carboxylic acids is 1. The molecule has 0 unspecified atom stereocenters. The Labute approximate surface area is 120 Å². The van der Waals surface area contributed by atoms with Gasteiger partial charge in [0, 0.05) is 20.2 Å². The number of hydrogen-bond donors (Lipinski definition) is 2. The van der Waals surface area contributed by atoms with Gasteiger partial charge in [-0.15, -0.1) is 0 Å². The van der Waals surface area contributed by atoms with Crippen molar-refractivity contribution >= 4 is 23.9 Å². The summed E-state index contributed by atoms with van der Waals surface area (Å²) < 4.78 is 13.9. The summed E-state index contributed by atoms with van der Waals surface area (Å²) in [5.41, 5.74) is 0.134. The lowest BCUT2D eigenvalue weighted by Gasteiger charge is -2.16. The van der Waals surface area contributed by atoms with Crippen LogP contribution in [0.5, 0.6) is 0 Å². The minimum Gasteiger partial charge on any atom is -0.478 e. The molecule has 2 amide bonds. The van der Waals surface area contributed by atoms with Crippen molar-refractivity contribution in [3.63, 3.8) is 0 Å². The van der Waals surface area contributed by atoms with Crippen LogP contribution in [0.25, 0.3) is 6.08 Å². The minimum absolute atomic E-state index is 0.185. The SMILES string of the molecule is CNC(=O)CN(C)C(=O)c1ccc(C=CC(=O)O)cc1F. The highest BCUT2D eigenvalue weighted by Crippen LogP contribution is 2.13. The smallest absolute Gasteiger partial charge is 0.328 e. The first-order valence-corrected chi connectivity index (χ1v) is 6.01. The molecule has 0 spiro atoms. The Hall–Kier alpha value is -2.70. The summed E-state index contributed by atoms with van der Waals surface area (Å²) in [6, 6.07) is 3.73. The van der Waals surface area contributed by atoms with Gasteiger partial charge in [-0.2, -0.15) is 0 Å². The Morgan fingerprint density at radius 2 is 2.05 bits per heavy atom. The molecular weight excluding hydrogens is 279 g/mol. The van der Waals surface area contributed by atoms with E-state index in [9.17, 15) is 18.8 Å². The van der Waals surface area contributed by atoms with Crippen molar-refractivity contribution in [2.45, 2.75) is 0 Å². The second-order valence-electron chi connectivity index (χ2n) is 4.25. The molecule has 0 aliphatic heterocycles. The molecule has 0 saturated heterocycles. The molecule has 1 aromatic carbocycles. The number of amides is 2. The standard InChI is InChI=1S/C14H15FN2O4/c1-16-12(18)8-17(2)14(21)10-5-3-9(7-11(10)15)4-6-13(19)20/h3-7H,8H2,1-2H3,(H,16,18)(H,19,20). The van der Waals surface area contributed by atoms with E-state index in [1.807, 2.05) is 0 Å². The molecule has 0 heterocycles. The maximum atomic E-state index is 13.9. The van der Waals surface area contributed by atoms with Crippen LogP contribution >= 0.6 is 0 Å². The summed E-state index contributed by atoms with van der Waals surface area (Å²) in [5.74, 6) is -2.94. The summed E-state index contributed by atoms with van der Waals surface area (Å²) in [5, 5.41) is 10.8. The van der Waals surface area contributed by atoms with E-state index in [1.54, 1.807) is 0 Å². The molecule has 0 atom stereocenters. The summed E-state index contributed by atoms with van der Waals surface area (Å²) >= 11 is 0. The number of carbonyl (C=O) groups excluding carboxylic acids is 2. The number of rotatable bonds is 5. The maximum absolute atomic E-state index is 13.9. The van der Waals surface area contributed by atoms with Gasteiger partial charge in [0.1, 0.15) is 5.82 Å². The fourth-order valence-electron chi connectivity index (χ4n) is 1.55. The van der Waals surface area contributed by atoms with E-state index >= 15 is 0 Å². The van der Waals surface area contributed by atoms with E-state index in [4.69, 9.17) is 5.11 Å². The Kier molecular flexibility index (Phi) is 5.59. The normalized spacial score (nSPS) is 10.4. The molecule has 21 heavy (non-hydrogen) atoms. The molecule has 1 aromatic rings. The summed E-state index contributed by atoms with van der Waals surface area (Å²) in [6.45, 7) is -0.185. The summed E-state index contributed by atoms with van der Waals surface area (Å²) in [7, 11) is 2.82. The quantitative estimate of drug-likeness (QED) is 0.784. The van der Waals surface area contributed by atoms with Crippen molar-refractivity contribution in [3.05, 3.63) is 41.2 Å². The molecular formula is C14H15FN2O4. The third kappa shape index (κ3) is 4.72. The largest absolute Gasteiger partial charge is 0.478 e. The van der Waals surface area contributed by atoms with Crippen LogP contribution in [0.15, 0.2) is 24.3 Å². The average Bonchev–Trinajstić information content (AvgIpc) is 2.44. The number of nitrogens with zero attached hydrogens (tertiary/aromatic N) is 1. The van der Waals surface area contributed by atoms with Gasteiger partial charge in [0.05, 0.1) is 12.1 Å². The summed E-state index contributed by atoms with van der Waals surface area (Å²) in [4.78, 5) is 34.6. The Bertz CT molecular complexity index is 599. The van der Waals surface area contributed by atoms with Crippen molar-refractivity contribution in [2.75, 3.05) is 20.6 Å². The van der Waals surface area contributed by atoms with Gasteiger partial charge in [0.25, 0.3) is 5.91 Å². The zero-order valence-electron chi connectivity index (χ0n) is 11.6. The number of nitrogens with one attached hydrogen (secondary N) is 1. The Morgan fingerprint density at radius 3 is 2.57 bits per heavy atom. The van der Waals surface area contributed by atoms with Gasteiger partial charge in [-0.1, -0.05) is 6.07 Å². The van der Waals surface area contributed by atoms with Crippen LogP contribution in [0, 0.1) is 5.82 Å². The van der Waals surface area contributed by atoms with E-state index in [2.05, 4.69) is 5.32 Å². The van der Waals surface area contributed by atoms with Crippen molar-refractivity contribution in [3.8, 4) is 0 Å². The highest BCUT2D eigenvalue weighted by Gasteiger charge is 2.18. The second-order valence-corrected chi connectivity index (χ2v) is 4.25. The molecule has 0 saturated carbocycles. The van der Waals surface area contributed by atoms with Crippen LogP contribution in [0.3, 0.4) is 0 Å². The van der Waals surface area contributed by atoms with Crippen molar-refractivity contribution < 1.29 is 23.9 Å². The van der Waals surface area contributed by atoms with Crippen LogP contribution in [-0.4, -0.2) is 48.4 Å². The first-order chi connectivity index (χ1) is 9.85. The number of carbonyl (C=O) groups is 3. The van der Waals surface area contributed by atoms with E-state index in [0.717, 1.165) is 17.0 Å². The molecule has 0 bridgehead atoms. The topological polar surface area (TPSA) is 86.7 Å². The van der Waals surface area contributed by atoms with Crippen LogP contribution in [0.1, 0.15) is 15.9 Å². The number of likely N-dealkylation sites (N-methyl/N-ethyl adjacent to an activating group) is 2. The number of carboxylic acid groups (broad SMARTS) is 1. The number of carboxylic acids is 1. The molecule has 1 rings (SSSR count). The molecule has 0 aromatic heterocycles. The van der Waals surface area contributed by atoms with Crippen molar-refractivity contribution in [1.29, 1.82) is 0 Å². The average molecular weight is 294 g/mol. The van der Waals surface area contributed by atoms with E-state index in [0.29, 0.717) is 5.56 Å². The molecule has 0 fully saturated rings. The number of benzene rings is 1. The van der Waals surface area contributed by atoms with Crippen molar-refractivity contribution in [2.24, 2.45) is 0 Å². The lowest BCUT2D eigenvalue weighted by Crippen LogP contribution is -2.37. The highest BCUT2D eigenvalue weighted by molar-refractivity contribution is 5.96. The van der Waals surface area contributed by atoms with Crippen LogP contribution in [-0.2, 0) is 9.59 Å². The first kappa shape index (κ1) is 16.4. The fourth-order valence-corrected chi connectivity index (χ4v) is 1.55. The van der Waals surface area contributed by atoms with E-state index < -0.39 is 17.7 Å². The lowest BCUT2D eigenvalue weighted by atomic mass is 10.1. The zero-order valence-corrected chi connectivity index (χ0v) is 11.6. The third-order valence-electron chi connectivity index (χ3n) is 2.65. The van der Waals surface area contributed by atoms with Gasteiger partial charge in [0.2, 0.25) is 5.91 Å². The molecule has 6 nitrogen and oxygen atoms in total. The molecule has 0 radical (unpaired) electrons. The van der Waals surface area contributed by atoms with Crippen LogP contribution < -0.4 is 5.32 Å². The molecule has 0 aliphatic rings. The maximum Gasteiger partial charge on any atom is 0.328 e. The van der Waals surface area contributed by atoms with Gasteiger partial charge >= 0.3 is 5.97 Å². The van der Waals surface area contributed by atoms with Gasteiger partial charge in [-0.05, 0) is 23.8 Å². The molecule has 112 valence electrons. The molecule has 7 heteroatoms. The van der Waals surface area contributed by atoms with E-state index in [1.165, 1.54) is 32.3 Å². The highest BCUT2D eigenvalue weighted by atomic mass is 19.1. The van der Waals surface area contributed by atoms with Crippen molar-refractivity contribution in [1.82, 2.24) is 10.2 Å². The number of hydrogen-bond acceptors (Lipinski definition) is 3. The zero-order chi connectivity index (χ0) is 16.0. The fraction of sp³-hybridized carbons (Fsp3) is 0.214. The second kappa shape index (κ2) is 7.18. The van der Waals surface area contributed by atoms with Gasteiger partial charge in [-0.25, -0.2) is 9.18 Å². The number of halogens is 1. The first-order valence-electron chi connectivity index (χ1n) is 6.01. The third-order valence-corrected chi connectivity index (χ3v) is 2.65.